The van der Waals surface area contributed by atoms with Crippen LogP contribution in [0.4, 0.5) is 11.4 Å². The van der Waals surface area contributed by atoms with E-state index in [1.165, 1.54) is 34.1 Å². The summed E-state index contributed by atoms with van der Waals surface area (Å²) < 4.78 is 0. The molecule has 4 rings (SSSR count). The maximum Gasteiger partial charge on any atom is 0.264 e. The van der Waals surface area contributed by atoms with E-state index in [1.54, 1.807) is 0 Å². The minimum atomic E-state index is -0.0841. The number of carbonyl (C=O) groups is 1. The van der Waals surface area contributed by atoms with Gasteiger partial charge in [-0.05, 0) is 125 Å². The summed E-state index contributed by atoms with van der Waals surface area (Å²) in [7, 11) is 0. The largest absolute Gasteiger partial charge is 0.364 e. The lowest BCUT2D eigenvalue weighted by atomic mass is 9.78. The van der Waals surface area contributed by atoms with Crippen molar-refractivity contribution in [2.45, 2.75) is 79.3 Å². The van der Waals surface area contributed by atoms with Crippen molar-refractivity contribution >= 4 is 40.3 Å². The predicted molar refractivity (Wildman–Crippen MR) is 143 cm³/mol. The van der Waals surface area contributed by atoms with Gasteiger partial charge in [-0.25, -0.2) is 4.99 Å². The van der Waals surface area contributed by atoms with Crippen LogP contribution in [-0.4, -0.2) is 22.7 Å². The average Bonchev–Trinajstić information content (AvgIpc) is 3.04. The van der Waals surface area contributed by atoms with E-state index in [0.29, 0.717) is 22.0 Å². The van der Waals surface area contributed by atoms with Crippen LogP contribution < -0.4 is 10.2 Å². The number of nitrogens with zero attached hydrogens (tertiary/aromatic N) is 2. The number of carbonyl (C=O) groups excluding carboxylic acids is 1. The molecule has 0 radical (unpaired) electrons. The number of amidine groups is 1. The molecule has 2 aromatic carbocycles. The summed E-state index contributed by atoms with van der Waals surface area (Å²) in [6.07, 6.45) is 3.13. The van der Waals surface area contributed by atoms with Crippen molar-refractivity contribution in [3.63, 3.8) is 0 Å². The van der Waals surface area contributed by atoms with Gasteiger partial charge >= 0.3 is 0 Å². The number of nitrogens with one attached hydrogen (secondary N) is 1. The van der Waals surface area contributed by atoms with Gasteiger partial charge in [0.25, 0.3) is 5.91 Å². The minimum absolute atomic E-state index is 0.0841. The molecular weight excluding hydrogens is 426 g/mol. The Labute approximate surface area is 202 Å². The van der Waals surface area contributed by atoms with Gasteiger partial charge in [-0.15, -0.1) is 0 Å². The van der Waals surface area contributed by atoms with Crippen LogP contribution in [0.25, 0.3) is 6.08 Å². The maximum absolute atomic E-state index is 12.7. The zero-order valence-electron chi connectivity index (χ0n) is 21.0. The molecule has 33 heavy (non-hydrogen) atoms. The summed E-state index contributed by atoms with van der Waals surface area (Å²) in [6, 6.07) is 11.1. The Morgan fingerprint density at radius 1 is 1.18 bits per heavy atom. The molecule has 2 aliphatic heterocycles. The van der Waals surface area contributed by atoms with Crippen molar-refractivity contribution in [1.82, 2.24) is 5.32 Å². The topological polar surface area (TPSA) is 44.7 Å². The third-order valence-electron chi connectivity index (χ3n) is 6.92. The quantitative estimate of drug-likeness (QED) is 0.500. The monoisotopic (exact) mass is 461 g/mol. The molecule has 1 N–H and O–H groups in total. The van der Waals surface area contributed by atoms with Crippen molar-refractivity contribution in [3.05, 3.63) is 63.1 Å². The first-order valence-electron chi connectivity index (χ1n) is 11.8. The van der Waals surface area contributed by atoms with Gasteiger partial charge in [-0.2, -0.15) is 0 Å². The minimum Gasteiger partial charge on any atom is -0.364 e. The normalized spacial score (nSPS) is 22.3. The number of hydrogen-bond donors (Lipinski definition) is 1. The lowest BCUT2D eigenvalue weighted by Gasteiger charge is -2.50. The molecule has 1 amide bonds. The smallest absolute Gasteiger partial charge is 0.264 e. The van der Waals surface area contributed by atoms with Crippen molar-refractivity contribution in [2.24, 2.45) is 4.99 Å². The Morgan fingerprint density at radius 3 is 2.61 bits per heavy atom. The SMILES string of the molecule is Cc1cc2c(cc1/C=C1\SC(=Nc3cccc(C)c3C)NC1=O)[C@@H](C)CC(C)(C)N2C(C)C. The van der Waals surface area contributed by atoms with Gasteiger partial charge in [0, 0.05) is 17.3 Å². The number of rotatable bonds is 3. The molecule has 5 heteroatoms. The fraction of sp³-hybridized carbons (Fsp3) is 0.429. The van der Waals surface area contributed by atoms with Gasteiger partial charge in [0.1, 0.15) is 0 Å². The lowest BCUT2D eigenvalue weighted by molar-refractivity contribution is -0.115. The molecule has 0 unspecified atom stereocenters. The van der Waals surface area contributed by atoms with E-state index >= 15 is 0 Å². The fourth-order valence-corrected chi connectivity index (χ4v) is 6.16. The summed E-state index contributed by atoms with van der Waals surface area (Å²) in [4.78, 5) is 20.7. The zero-order chi connectivity index (χ0) is 24.1. The number of anilines is 1. The Bertz CT molecular complexity index is 1180. The van der Waals surface area contributed by atoms with Crippen LogP contribution in [0.2, 0.25) is 0 Å². The second-order valence-electron chi connectivity index (χ2n) is 10.3. The highest BCUT2D eigenvalue weighted by molar-refractivity contribution is 8.18. The molecule has 4 nitrogen and oxygen atoms in total. The Kier molecular flexibility index (Phi) is 6.21. The van der Waals surface area contributed by atoms with Gasteiger partial charge in [-0.1, -0.05) is 19.1 Å². The second kappa shape index (κ2) is 8.68. The summed E-state index contributed by atoms with van der Waals surface area (Å²) >= 11 is 1.42. The van der Waals surface area contributed by atoms with Crippen LogP contribution in [0.15, 0.2) is 40.2 Å². The molecule has 2 heterocycles. The van der Waals surface area contributed by atoms with Crippen LogP contribution in [-0.2, 0) is 4.79 Å². The number of fused-ring (bicyclic) bond motifs is 1. The molecule has 1 atom stereocenters. The van der Waals surface area contributed by atoms with Gasteiger partial charge < -0.3 is 10.2 Å². The van der Waals surface area contributed by atoms with E-state index in [2.05, 4.69) is 83.8 Å². The molecule has 2 aromatic rings. The fourth-order valence-electron chi connectivity index (χ4n) is 5.33. The van der Waals surface area contributed by atoms with E-state index < -0.39 is 0 Å². The molecular formula is C28H35N3OS. The predicted octanol–water partition coefficient (Wildman–Crippen LogP) is 7.00. The number of hydrogen-bond acceptors (Lipinski definition) is 4. The number of aryl methyl sites for hydroxylation is 2. The van der Waals surface area contributed by atoms with Crippen LogP contribution in [0.5, 0.6) is 0 Å². The number of thioether (sulfide) groups is 1. The number of benzene rings is 2. The highest BCUT2D eigenvalue weighted by Gasteiger charge is 2.38. The third kappa shape index (κ3) is 4.48. The van der Waals surface area contributed by atoms with Crippen LogP contribution in [0, 0.1) is 20.8 Å². The van der Waals surface area contributed by atoms with E-state index in [9.17, 15) is 4.79 Å². The van der Waals surface area contributed by atoms with Crippen molar-refractivity contribution in [3.8, 4) is 0 Å². The van der Waals surface area contributed by atoms with Crippen LogP contribution in [0.3, 0.4) is 0 Å². The average molecular weight is 462 g/mol. The first-order chi connectivity index (χ1) is 15.5. The number of aliphatic imine (C=N–C) groups is 1. The Balaban J connectivity index is 1.69. The third-order valence-corrected chi connectivity index (χ3v) is 7.83. The molecule has 0 aromatic heterocycles. The maximum atomic E-state index is 12.7. The van der Waals surface area contributed by atoms with Gasteiger partial charge in [-0.3, -0.25) is 4.79 Å². The molecule has 1 saturated heterocycles. The van der Waals surface area contributed by atoms with E-state index in [-0.39, 0.29) is 11.4 Å². The van der Waals surface area contributed by atoms with E-state index in [4.69, 9.17) is 4.99 Å². The van der Waals surface area contributed by atoms with Gasteiger partial charge in [0.2, 0.25) is 0 Å². The van der Waals surface area contributed by atoms with Crippen molar-refractivity contribution < 1.29 is 4.79 Å². The van der Waals surface area contributed by atoms with Crippen LogP contribution >= 0.6 is 11.8 Å². The van der Waals surface area contributed by atoms with Crippen molar-refractivity contribution in [1.29, 1.82) is 0 Å². The summed E-state index contributed by atoms with van der Waals surface area (Å²) in [5.74, 6) is 0.383. The highest BCUT2D eigenvalue weighted by Crippen LogP contribution is 2.45. The van der Waals surface area contributed by atoms with E-state index in [1.807, 2.05) is 18.2 Å². The summed E-state index contributed by atoms with van der Waals surface area (Å²) in [5, 5.41) is 3.58. The van der Waals surface area contributed by atoms with Crippen molar-refractivity contribution in [2.75, 3.05) is 4.90 Å². The first kappa shape index (κ1) is 23.6. The molecule has 1 fully saturated rings. The second-order valence-corrected chi connectivity index (χ2v) is 11.4. The number of amides is 1. The molecule has 0 saturated carbocycles. The highest BCUT2D eigenvalue weighted by atomic mass is 32.2. The standard InChI is InChI=1S/C28H35N3OS/c1-16(2)31-24-12-18(4)21(13-22(24)19(5)15-28(31,7)8)14-25-26(32)30-27(33-25)29-23-11-9-10-17(3)20(23)6/h9-14,16,19H,15H2,1-8H3,(H,29,30,32)/b25-14-/t19-/m0/s1. The van der Waals surface area contributed by atoms with Crippen LogP contribution in [0.1, 0.15) is 74.8 Å². The Morgan fingerprint density at radius 2 is 1.91 bits per heavy atom. The first-order valence-corrected chi connectivity index (χ1v) is 12.6. The lowest BCUT2D eigenvalue weighted by Crippen LogP contribution is -2.51. The van der Waals surface area contributed by atoms with E-state index in [0.717, 1.165) is 23.2 Å². The molecule has 0 aliphatic carbocycles. The summed E-state index contributed by atoms with van der Waals surface area (Å²) in [6.45, 7) is 17.8. The molecule has 174 valence electrons. The zero-order valence-corrected chi connectivity index (χ0v) is 21.9. The molecule has 0 spiro atoms. The molecule has 0 bridgehead atoms. The summed E-state index contributed by atoms with van der Waals surface area (Å²) in [5.41, 5.74) is 8.33. The van der Waals surface area contributed by atoms with Gasteiger partial charge in [0.15, 0.2) is 5.17 Å². The Hall–Kier alpha value is -2.53. The molecule has 2 aliphatic rings. The van der Waals surface area contributed by atoms with Gasteiger partial charge in [0.05, 0.1) is 10.6 Å².